The largest absolute Gasteiger partial charge is 0.488 e. The number of hydrogen-bond acceptors (Lipinski definition) is 4. The van der Waals surface area contributed by atoms with Gasteiger partial charge in [0.1, 0.15) is 24.2 Å². The van der Waals surface area contributed by atoms with E-state index in [1.165, 1.54) is 0 Å². The van der Waals surface area contributed by atoms with Crippen molar-refractivity contribution in [3.05, 3.63) is 83.9 Å². The second-order valence-corrected chi connectivity index (χ2v) is 7.04. The number of para-hydroxylation sites is 1. The van der Waals surface area contributed by atoms with Gasteiger partial charge in [-0.05, 0) is 37.1 Å². The number of carboxylic acid groups (broad SMARTS) is 1. The van der Waals surface area contributed by atoms with Crippen molar-refractivity contribution in [1.29, 1.82) is 0 Å². The van der Waals surface area contributed by atoms with Crippen molar-refractivity contribution in [3.8, 4) is 22.6 Å². The number of carboxylic acids is 1. The minimum absolute atomic E-state index is 0.183. The molecule has 0 saturated heterocycles. The van der Waals surface area contributed by atoms with E-state index in [1.54, 1.807) is 18.2 Å². The molecule has 2 atom stereocenters. The topological polar surface area (TPSA) is 76.0 Å². The van der Waals surface area contributed by atoms with Gasteiger partial charge in [-0.3, -0.25) is 0 Å². The fourth-order valence-corrected chi connectivity index (χ4v) is 3.24. The normalized spacial score (nSPS) is 12.8. The lowest BCUT2D eigenvalue weighted by atomic mass is 9.98. The molecule has 3 aromatic carbocycles. The van der Waals surface area contributed by atoms with Crippen molar-refractivity contribution >= 4 is 5.97 Å². The number of carbonyl (C=O) groups is 1. The van der Waals surface area contributed by atoms with E-state index in [2.05, 4.69) is 0 Å². The molecule has 3 rings (SSSR count). The lowest BCUT2D eigenvalue weighted by Gasteiger charge is -2.21. The molecule has 30 heavy (non-hydrogen) atoms. The van der Waals surface area contributed by atoms with Crippen molar-refractivity contribution in [2.24, 2.45) is 0 Å². The molecule has 0 heterocycles. The minimum atomic E-state index is -1.01. The van der Waals surface area contributed by atoms with Gasteiger partial charge in [-0.1, -0.05) is 61.5 Å². The highest BCUT2D eigenvalue weighted by Crippen LogP contribution is 2.34. The van der Waals surface area contributed by atoms with E-state index < -0.39 is 12.1 Å². The molecule has 3 aromatic rings. The second-order valence-electron chi connectivity index (χ2n) is 7.04. The zero-order chi connectivity index (χ0) is 21.5. The zero-order valence-corrected chi connectivity index (χ0v) is 17.1. The summed E-state index contributed by atoms with van der Waals surface area (Å²) in [5.41, 5.74) is 2.31. The van der Waals surface area contributed by atoms with Crippen molar-refractivity contribution in [3.63, 3.8) is 0 Å². The van der Waals surface area contributed by atoms with E-state index in [0.717, 1.165) is 11.1 Å². The summed E-state index contributed by atoms with van der Waals surface area (Å²) in [6.07, 6.45) is -0.315. The van der Waals surface area contributed by atoms with Crippen LogP contribution in [0.25, 0.3) is 11.1 Å². The van der Waals surface area contributed by atoms with Crippen LogP contribution in [0.1, 0.15) is 36.2 Å². The summed E-state index contributed by atoms with van der Waals surface area (Å²) in [6.45, 7) is 3.93. The molecule has 0 saturated carbocycles. The number of aliphatic hydroxyl groups excluding tert-OH is 1. The van der Waals surface area contributed by atoms with E-state index in [4.69, 9.17) is 9.47 Å². The van der Waals surface area contributed by atoms with Crippen LogP contribution < -0.4 is 9.47 Å². The maximum Gasteiger partial charge on any atom is 0.336 e. The standard InChI is InChI=1S/C25H26O5/c1-3-21(26)17(2)30-22-14-8-7-12-19(22)16-29-23-15-9-13-20(25(27)28)24(23)18-10-5-4-6-11-18/h4-15,17,21,26H,3,16H2,1-2H3,(H,27,28). The molecular formula is C25H26O5. The van der Waals surface area contributed by atoms with Gasteiger partial charge < -0.3 is 19.7 Å². The zero-order valence-electron chi connectivity index (χ0n) is 17.1. The fourth-order valence-electron chi connectivity index (χ4n) is 3.24. The lowest BCUT2D eigenvalue weighted by Crippen LogP contribution is -2.28. The Balaban J connectivity index is 1.89. The summed E-state index contributed by atoms with van der Waals surface area (Å²) in [5.74, 6) is 0.108. The SMILES string of the molecule is CCC(O)C(C)Oc1ccccc1COc1cccc(C(=O)O)c1-c1ccccc1. The van der Waals surface area contributed by atoms with Gasteiger partial charge in [-0.2, -0.15) is 0 Å². The molecule has 0 spiro atoms. The van der Waals surface area contributed by atoms with Gasteiger partial charge in [0.2, 0.25) is 0 Å². The molecule has 156 valence electrons. The van der Waals surface area contributed by atoms with Gasteiger partial charge in [0.05, 0.1) is 11.7 Å². The third-order valence-electron chi connectivity index (χ3n) is 4.95. The molecule has 0 aliphatic rings. The first kappa shape index (κ1) is 21.4. The molecule has 0 aromatic heterocycles. The first-order chi connectivity index (χ1) is 14.5. The van der Waals surface area contributed by atoms with Crippen LogP contribution in [0, 0.1) is 0 Å². The Morgan fingerprint density at radius 3 is 2.30 bits per heavy atom. The van der Waals surface area contributed by atoms with E-state index in [9.17, 15) is 15.0 Å². The Hall–Kier alpha value is -3.31. The average molecular weight is 406 g/mol. The Labute approximate surface area is 176 Å². The summed E-state index contributed by atoms with van der Waals surface area (Å²) in [7, 11) is 0. The monoisotopic (exact) mass is 406 g/mol. The molecule has 5 heteroatoms. The highest BCUT2D eigenvalue weighted by atomic mass is 16.5. The van der Waals surface area contributed by atoms with Crippen molar-refractivity contribution < 1.29 is 24.5 Å². The van der Waals surface area contributed by atoms with Gasteiger partial charge in [0.25, 0.3) is 0 Å². The average Bonchev–Trinajstić information content (AvgIpc) is 2.78. The maximum atomic E-state index is 11.8. The highest BCUT2D eigenvalue weighted by molar-refractivity contribution is 5.98. The molecular weight excluding hydrogens is 380 g/mol. The molecule has 0 aliphatic carbocycles. The molecule has 0 aliphatic heterocycles. The summed E-state index contributed by atoms with van der Waals surface area (Å²) in [4.78, 5) is 11.8. The first-order valence-electron chi connectivity index (χ1n) is 9.98. The molecule has 0 radical (unpaired) electrons. The predicted octanol–water partition coefficient (Wildman–Crippen LogP) is 5.17. The van der Waals surface area contributed by atoms with Crippen LogP contribution in [0.15, 0.2) is 72.8 Å². The van der Waals surface area contributed by atoms with Gasteiger partial charge >= 0.3 is 5.97 Å². The van der Waals surface area contributed by atoms with E-state index in [0.29, 0.717) is 23.5 Å². The van der Waals surface area contributed by atoms with Crippen molar-refractivity contribution in [1.82, 2.24) is 0 Å². The minimum Gasteiger partial charge on any atom is -0.488 e. The van der Waals surface area contributed by atoms with Crippen LogP contribution in [0.5, 0.6) is 11.5 Å². The molecule has 2 unspecified atom stereocenters. The quantitative estimate of drug-likeness (QED) is 0.513. The summed E-state index contributed by atoms with van der Waals surface area (Å²) >= 11 is 0. The number of aromatic carboxylic acids is 1. The first-order valence-corrected chi connectivity index (χ1v) is 9.98. The number of ether oxygens (including phenoxy) is 2. The smallest absolute Gasteiger partial charge is 0.336 e. The Morgan fingerprint density at radius 2 is 1.60 bits per heavy atom. The van der Waals surface area contributed by atoms with Crippen molar-refractivity contribution in [2.45, 2.75) is 39.1 Å². The van der Waals surface area contributed by atoms with E-state index in [-0.39, 0.29) is 18.3 Å². The third-order valence-corrected chi connectivity index (χ3v) is 4.95. The number of aliphatic hydroxyl groups is 1. The van der Waals surface area contributed by atoms with Crippen LogP contribution in [0.2, 0.25) is 0 Å². The number of benzene rings is 3. The number of hydrogen-bond donors (Lipinski definition) is 2. The van der Waals surface area contributed by atoms with Gasteiger partial charge in [0, 0.05) is 11.1 Å². The third kappa shape index (κ3) is 4.99. The fraction of sp³-hybridized carbons (Fsp3) is 0.240. The second kappa shape index (κ2) is 9.94. The summed E-state index contributed by atoms with van der Waals surface area (Å²) < 4.78 is 12.0. The van der Waals surface area contributed by atoms with E-state index >= 15 is 0 Å². The van der Waals surface area contributed by atoms with Crippen LogP contribution >= 0.6 is 0 Å². The Kier molecular flexibility index (Phi) is 7.09. The molecule has 0 amide bonds. The van der Waals surface area contributed by atoms with Crippen LogP contribution in [0.4, 0.5) is 0 Å². The summed E-state index contributed by atoms with van der Waals surface area (Å²) in [6, 6.07) is 21.8. The maximum absolute atomic E-state index is 11.8. The predicted molar refractivity (Wildman–Crippen MR) is 116 cm³/mol. The molecule has 0 bridgehead atoms. The lowest BCUT2D eigenvalue weighted by molar-refractivity contribution is 0.0440. The highest BCUT2D eigenvalue weighted by Gasteiger charge is 2.18. The van der Waals surface area contributed by atoms with Gasteiger partial charge in [0.15, 0.2) is 0 Å². The summed E-state index contributed by atoms with van der Waals surface area (Å²) in [5, 5.41) is 19.7. The Bertz CT molecular complexity index is 984. The van der Waals surface area contributed by atoms with Gasteiger partial charge in [-0.15, -0.1) is 0 Å². The molecule has 2 N–H and O–H groups in total. The van der Waals surface area contributed by atoms with Crippen LogP contribution in [-0.2, 0) is 6.61 Å². The van der Waals surface area contributed by atoms with Gasteiger partial charge in [-0.25, -0.2) is 4.79 Å². The van der Waals surface area contributed by atoms with Crippen molar-refractivity contribution in [2.75, 3.05) is 0 Å². The Morgan fingerprint density at radius 1 is 0.933 bits per heavy atom. The molecule has 0 fully saturated rings. The van der Waals surface area contributed by atoms with Crippen LogP contribution in [0.3, 0.4) is 0 Å². The van der Waals surface area contributed by atoms with Crippen LogP contribution in [-0.4, -0.2) is 28.4 Å². The number of rotatable bonds is 9. The van der Waals surface area contributed by atoms with E-state index in [1.807, 2.05) is 68.4 Å². The molecule has 5 nitrogen and oxygen atoms in total.